The van der Waals surface area contributed by atoms with Gasteiger partial charge in [0, 0.05) is 43.0 Å². The molecule has 54 heavy (non-hydrogen) atoms. The molecule has 0 bridgehead atoms. The fourth-order valence-corrected chi connectivity index (χ4v) is 12.1. The summed E-state index contributed by atoms with van der Waals surface area (Å²) < 4.78 is 0. The van der Waals surface area contributed by atoms with Crippen molar-refractivity contribution in [1.82, 2.24) is 0 Å². The van der Waals surface area contributed by atoms with Crippen LogP contribution >= 0.6 is 23.5 Å². The number of hydrogen-bond donors (Lipinski definition) is 0. The van der Waals surface area contributed by atoms with E-state index in [0.717, 1.165) is 17.1 Å². The van der Waals surface area contributed by atoms with Gasteiger partial charge in [0.25, 0.3) is 0 Å². The maximum atomic E-state index is 2.74. The molecular weight excluding hydrogens is 693 g/mol. The maximum absolute atomic E-state index is 2.74. The highest BCUT2D eigenvalue weighted by Gasteiger charge is 2.57. The van der Waals surface area contributed by atoms with E-state index in [4.69, 9.17) is 0 Å². The van der Waals surface area contributed by atoms with E-state index in [0.29, 0.717) is 22.6 Å². The molecule has 4 heteroatoms. The van der Waals surface area contributed by atoms with Gasteiger partial charge in [0.1, 0.15) is 0 Å². The van der Waals surface area contributed by atoms with Crippen molar-refractivity contribution in [1.29, 1.82) is 0 Å². The Morgan fingerprint density at radius 1 is 0.370 bits per heavy atom. The van der Waals surface area contributed by atoms with Gasteiger partial charge in [-0.2, -0.15) is 0 Å². The second-order valence-corrected chi connectivity index (χ2v) is 16.9. The topological polar surface area (TPSA) is 6.48 Å². The van der Waals surface area contributed by atoms with E-state index < -0.39 is 0 Å². The Morgan fingerprint density at radius 2 is 0.815 bits per heavy atom. The van der Waals surface area contributed by atoms with Gasteiger partial charge in [-0.3, -0.25) is 0 Å². The first kappa shape index (κ1) is 31.8. The molecule has 0 N–H and O–H groups in total. The summed E-state index contributed by atoms with van der Waals surface area (Å²) in [6.45, 7) is 0. The molecule has 1 saturated heterocycles. The van der Waals surface area contributed by atoms with E-state index in [2.05, 4.69) is 227 Å². The van der Waals surface area contributed by atoms with E-state index in [1.165, 1.54) is 59.6 Å². The second-order valence-electron chi connectivity index (χ2n) is 14.4. The van der Waals surface area contributed by atoms with Crippen molar-refractivity contribution in [3.63, 3.8) is 0 Å². The Balaban J connectivity index is 0.983. The van der Waals surface area contributed by atoms with Crippen molar-refractivity contribution in [2.24, 2.45) is 0 Å². The van der Waals surface area contributed by atoms with Crippen LogP contribution in [0.2, 0.25) is 0 Å². The zero-order valence-electron chi connectivity index (χ0n) is 29.5. The standard InChI is InChI=1S/C50H36N2S2/c1-2-10-33(11-3-1)35-20-24-39(25-21-35)51(40-26-22-36(23-27-40)38-19-18-34-12-4-5-13-37(34)32-38)41-28-30-42(31-29-41)52-47-43-14-6-8-16-45(43)53-49(47)50-48(52)44-15-7-9-17-46(44)54-50/h1-32,47-50H. The van der Waals surface area contributed by atoms with Crippen LogP contribution in [0.1, 0.15) is 23.2 Å². The minimum Gasteiger partial charge on any atom is -0.355 e. The molecule has 3 aliphatic heterocycles. The van der Waals surface area contributed by atoms with E-state index in [9.17, 15) is 0 Å². The number of anilines is 4. The molecule has 0 saturated carbocycles. The zero-order chi connectivity index (χ0) is 35.6. The number of nitrogens with zero attached hydrogens (tertiary/aromatic N) is 2. The highest BCUT2D eigenvalue weighted by molar-refractivity contribution is 8.04. The fraction of sp³-hybridized carbons (Fsp3) is 0.0800. The van der Waals surface area contributed by atoms with Gasteiger partial charge in [0.2, 0.25) is 0 Å². The maximum Gasteiger partial charge on any atom is 0.0694 e. The van der Waals surface area contributed by atoms with E-state index in [1.807, 2.05) is 0 Å². The largest absolute Gasteiger partial charge is 0.355 e. The van der Waals surface area contributed by atoms with Crippen LogP contribution < -0.4 is 9.80 Å². The Bertz CT molecular complexity index is 2580. The summed E-state index contributed by atoms with van der Waals surface area (Å²) in [5.41, 5.74) is 12.5. The Labute approximate surface area is 325 Å². The van der Waals surface area contributed by atoms with Crippen LogP contribution in [0.4, 0.5) is 22.7 Å². The van der Waals surface area contributed by atoms with Crippen molar-refractivity contribution in [3.05, 3.63) is 205 Å². The minimum atomic E-state index is 0.345. The van der Waals surface area contributed by atoms with Crippen LogP contribution in [-0.4, -0.2) is 10.5 Å². The van der Waals surface area contributed by atoms with Crippen LogP contribution in [-0.2, 0) is 0 Å². The third-order valence-electron chi connectivity index (χ3n) is 11.4. The minimum absolute atomic E-state index is 0.345. The molecule has 11 rings (SSSR count). The van der Waals surface area contributed by atoms with Gasteiger partial charge in [0.05, 0.1) is 12.1 Å². The molecule has 4 unspecified atom stereocenters. The summed E-state index contributed by atoms with van der Waals surface area (Å²) in [6.07, 6.45) is 0. The lowest BCUT2D eigenvalue weighted by atomic mass is 10.0. The molecule has 8 aromatic carbocycles. The van der Waals surface area contributed by atoms with Crippen LogP contribution in [0.5, 0.6) is 0 Å². The second kappa shape index (κ2) is 13.0. The molecular formula is C50H36N2S2. The van der Waals surface area contributed by atoms with E-state index >= 15 is 0 Å². The summed E-state index contributed by atoms with van der Waals surface area (Å²) in [6, 6.07) is 72.2. The average Bonchev–Trinajstić information content (AvgIpc) is 3.90. The lowest BCUT2D eigenvalue weighted by molar-refractivity contribution is 0.675. The third-order valence-corrected chi connectivity index (χ3v) is 14.5. The molecule has 258 valence electrons. The smallest absolute Gasteiger partial charge is 0.0694 e. The number of thioether (sulfide) groups is 2. The van der Waals surface area contributed by atoms with Gasteiger partial charge in [-0.05, 0) is 111 Å². The number of hydrogen-bond acceptors (Lipinski definition) is 4. The monoisotopic (exact) mass is 728 g/mol. The first-order valence-electron chi connectivity index (χ1n) is 18.7. The van der Waals surface area contributed by atoms with Gasteiger partial charge < -0.3 is 9.80 Å². The number of fused-ring (bicyclic) bond motifs is 8. The van der Waals surface area contributed by atoms with Crippen molar-refractivity contribution in [2.75, 3.05) is 9.80 Å². The summed E-state index contributed by atoms with van der Waals surface area (Å²) in [7, 11) is 0. The van der Waals surface area contributed by atoms with Crippen LogP contribution in [0.15, 0.2) is 204 Å². The highest BCUT2D eigenvalue weighted by atomic mass is 32.2. The summed E-state index contributed by atoms with van der Waals surface area (Å²) in [5, 5.41) is 3.53. The van der Waals surface area contributed by atoms with E-state index in [1.54, 1.807) is 0 Å². The summed E-state index contributed by atoms with van der Waals surface area (Å²) in [5.74, 6) is 0. The molecule has 2 nitrogen and oxygen atoms in total. The number of rotatable bonds is 6. The first-order chi connectivity index (χ1) is 26.8. The third kappa shape index (κ3) is 5.27. The lowest BCUT2D eigenvalue weighted by Gasteiger charge is -2.33. The fourth-order valence-electron chi connectivity index (χ4n) is 8.87. The highest BCUT2D eigenvalue weighted by Crippen LogP contribution is 2.65. The van der Waals surface area contributed by atoms with Gasteiger partial charge >= 0.3 is 0 Å². The van der Waals surface area contributed by atoms with Crippen LogP contribution in [0.3, 0.4) is 0 Å². The molecule has 3 heterocycles. The molecule has 0 aromatic heterocycles. The summed E-state index contributed by atoms with van der Waals surface area (Å²) in [4.78, 5) is 8.00. The van der Waals surface area contributed by atoms with E-state index in [-0.39, 0.29) is 0 Å². The quantitative estimate of drug-likeness (QED) is 0.168. The molecule has 3 aliphatic rings. The van der Waals surface area contributed by atoms with Gasteiger partial charge in [0.15, 0.2) is 0 Å². The number of benzene rings is 8. The van der Waals surface area contributed by atoms with Crippen LogP contribution in [0, 0.1) is 0 Å². The lowest BCUT2D eigenvalue weighted by Crippen LogP contribution is -2.27. The van der Waals surface area contributed by atoms with Crippen molar-refractivity contribution in [3.8, 4) is 22.3 Å². The molecule has 0 radical (unpaired) electrons. The molecule has 0 spiro atoms. The van der Waals surface area contributed by atoms with Crippen molar-refractivity contribution < 1.29 is 0 Å². The normalized spacial score (nSPS) is 19.3. The Morgan fingerprint density at radius 3 is 1.41 bits per heavy atom. The van der Waals surface area contributed by atoms with Gasteiger partial charge in [-0.25, -0.2) is 0 Å². The average molecular weight is 729 g/mol. The van der Waals surface area contributed by atoms with Crippen molar-refractivity contribution >= 4 is 57.0 Å². The van der Waals surface area contributed by atoms with Gasteiger partial charge in [-0.15, -0.1) is 23.5 Å². The SMILES string of the molecule is c1ccc(-c2ccc(N(c3ccc(-c4ccc5ccccc5c4)cc3)c3ccc(N4C5c6ccccc6SC5C5Sc6ccccc6C54)cc3)cc2)cc1. The van der Waals surface area contributed by atoms with Gasteiger partial charge in [-0.1, -0.05) is 127 Å². The molecule has 4 atom stereocenters. The molecule has 1 fully saturated rings. The van der Waals surface area contributed by atoms with Crippen molar-refractivity contribution in [2.45, 2.75) is 32.4 Å². The summed E-state index contributed by atoms with van der Waals surface area (Å²) >= 11 is 4.17. The Hall–Kier alpha value is -5.68. The first-order valence-corrected chi connectivity index (χ1v) is 20.5. The molecule has 0 amide bonds. The predicted molar refractivity (Wildman–Crippen MR) is 230 cm³/mol. The molecule has 0 aliphatic carbocycles. The molecule has 8 aromatic rings. The Kier molecular flexibility index (Phi) is 7.67. The predicted octanol–water partition coefficient (Wildman–Crippen LogP) is 13.9. The zero-order valence-corrected chi connectivity index (χ0v) is 31.1. The van der Waals surface area contributed by atoms with Crippen LogP contribution in [0.25, 0.3) is 33.0 Å².